The second-order valence-corrected chi connectivity index (χ2v) is 7.05. The molecule has 3 aromatic rings. The molecule has 1 aliphatic heterocycles. The zero-order valence-corrected chi connectivity index (χ0v) is 15.7. The summed E-state index contributed by atoms with van der Waals surface area (Å²) in [5, 5.41) is 5.02. The number of hydrogen-bond donors (Lipinski definition) is 1. The van der Waals surface area contributed by atoms with E-state index in [1.807, 2.05) is 39.9 Å². The van der Waals surface area contributed by atoms with Gasteiger partial charge in [0.15, 0.2) is 0 Å². The summed E-state index contributed by atoms with van der Waals surface area (Å²) in [5.41, 5.74) is 6.83. The van der Waals surface area contributed by atoms with E-state index in [-0.39, 0.29) is 24.5 Å². The number of aryl methyl sites for hydroxylation is 1. The number of carbonyl (C=O) groups excluding carboxylic acids is 2. The number of hydrogen-bond acceptors (Lipinski definition) is 4. The lowest BCUT2D eigenvalue weighted by Gasteiger charge is -2.32. The molecule has 146 valence electrons. The lowest BCUT2D eigenvalue weighted by molar-refractivity contribution is -0.118. The van der Waals surface area contributed by atoms with Crippen molar-refractivity contribution in [3.63, 3.8) is 0 Å². The third-order valence-electron chi connectivity index (χ3n) is 5.16. The Bertz CT molecular complexity index is 1010. The molecule has 8 heteroatoms. The number of aromatic nitrogens is 3. The van der Waals surface area contributed by atoms with Crippen LogP contribution in [0, 0.1) is 0 Å². The molecule has 1 aromatic carbocycles. The molecule has 0 radical (unpaired) electrons. The van der Waals surface area contributed by atoms with Gasteiger partial charge < -0.3 is 19.9 Å². The first kappa shape index (κ1) is 18.1. The van der Waals surface area contributed by atoms with E-state index in [2.05, 4.69) is 5.10 Å². The van der Waals surface area contributed by atoms with Crippen LogP contribution in [-0.4, -0.2) is 50.3 Å². The van der Waals surface area contributed by atoms with Gasteiger partial charge in [-0.3, -0.25) is 14.3 Å². The fourth-order valence-electron chi connectivity index (χ4n) is 3.71. The molecule has 2 aromatic heterocycles. The van der Waals surface area contributed by atoms with Crippen LogP contribution < -0.4 is 10.5 Å². The number of primary amides is 1. The smallest absolute Gasteiger partial charge is 0.272 e. The van der Waals surface area contributed by atoms with Gasteiger partial charge in [0.2, 0.25) is 5.91 Å². The molecule has 28 heavy (non-hydrogen) atoms. The lowest BCUT2D eigenvalue weighted by atomic mass is 10.1. The zero-order valence-electron chi connectivity index (χ0n) is 15.7. The monoisotopic (exact) mass is 381 g/mol. The van der Waals surface area contributed by atoms with Crippen LogP contribution in [0.3, 0.4) is 0 Å². The summed E-state index contributed by atoms with van der Waals surface area (Å²) in [5.74, 6) is 0.412. The molecule has 4 rings (SSSR count). The first-order chi connectivity index (χ1) is 13.5. The lowest BCUT2D eigenvalue weighted by Crippen LogP contribution is -2.42. The highest BCUT2D eigenvalue weighted by atomic mass is 16.5. The van der Waals surface area contributed by atoms with E-state index in [0.29, 0.717) is 18.8 Å². The Morgan fingerprint density at radius 2 is 2.00 bits per heavy atom. The predicted molar refractivity (Wildman–Crippen MR) is 104 cm³/mol. The molecule has 1 aliphatic rings. The third-order valence-corrected chi connectivity index (χ3v) is 5.16. The number of piperidine rings is 1. The molecule has 1 saturated heterocycles. The summed E-state index contributed by atoms with van der Waals surface area (Å²) in [6, 6.07) is 9.47. The highest BCUT2D eigenvalue weighted by Crippen LogP contribution is 2.29. The molecular weight excluding hydrogens is 358 g/mol. The minimum Gasteiger partial charge on any atom is -0.490 e. The van der Waals surface area contributed by atoms with E-state index in [1.54, 1.807) is 24.0 Å². The van der Waals surface area contributed by atoms with Gasteiger partial charge in [-0.15, -0.1) is 0 Å². The summed E-state index contributed by atoms with van der Waals surface area (Å²) in [7, 11) is 1.77. The van der Waals surface area contributed by atoms with E-state index < -0.39 is 0 Å². The maximum atomic E-state index is 12.6. The van der Waals surface area contributed by atoms with Gasteiger partial charge in [-0.05, 0) is 24.3 Å². The Morgan fingerprint density at radius 3 is 2.68 bits per heavy atom. The summed E-state index contributed by atoms with van der Waals surface area (Å²) < 4.78 is 9.66. The molecule has 0 atom stereocenters. The quantitative estimate of drug-likeness (QED) is 0.725. The van der Waals surface area contributed by atoms with Gasteiger partial charge >= 0.3 is 0 Å². The highest BCUT2D eigenvalue weighted by molar-refractivity contribution is 5.92. The summed E-state index contributed by atoms with van der Waals surface area (Å²) in [6.07, 6.45) is 5.05. The second-order valence-electron chi connectivity index (χ2n) is 7.05. The number of fused-ring (bicyclic) bond motifs is 1. The molecule has 3 heterocycles. The SMILES string of the molecule is Cn1nccc1C(=O)N1CCC(Oc2cccc3c2ccn3CC(N)=O)CC1. The highest BCUT2D eigenvalue weighted by Gasteiger charge is 2.26. The summed E-state index contributed by atoms with van der Waals surface area (Å²) in [6.45, 7) is 1.43. The fourth-order valence-corrected chi connectivity index (χ4v) is 3.71. The van der Waals surface area contributed by atoms with E-state index in [4.69, 9.17) is 10.5 Å². The van der Waals surface area contributed by atoms with Gasteiger partial charge in [0.1, 0.15) is 24.1 Å². The first-order valence-electron chi connectivity index (χ1n) is 9.33. The van der Waals surface area contributed by atoms with E-state index >= 15 is 0 Å². The molecule has 0 unspecified atom stereocenters. The molecule has 0 spiro atoms. The van der Waals surface area contributed by atoms with Gasteiger partial charge in [-0.25, -0.2) is 0 Å². The molecule has 0 saturated carbocycles. The van der Waals surface area contributed by atoms with Crippen LogP contribution in [0.25, 0.3) is 10.9 Å². The van der Waals surface area contributed by atoms with Crippen molar-refractivity contribution in [2.24, 2.45) is 12.8 Å². The van der Waals surface area contributed by atoms with Gasteiger partial charge in [0.05, 0.1) is 5.52 Å². The second kappa shape index (κ2) is 7.38. The molecular formula is C20H23N5O3. The van der Waals surface area contributed by atoms with E-state index in [9.17, 15) is 9.59 Å². The van der Waals surface area contributed by atoms with Crippen LogP contribution >= 0.6 is 0 Å². The minimum absolute atomic E-state index is 0.00378. The number of amides is 2. The number of ether oxygens (including phenoxy) is 1. The third kappa shape index (κ3) is 3.45. The number of rotatable bonds is 5. The van der Waals surface area contributed by atoms with Crippen molar-refractivity contribution in [2.45, 2.75) is 25.5 Å². The first-order valence-corrected chi connectivity index (χ1v) is 9.33. The maximum absolute atomic E-state index is 12.6. The Labute approximate surface area is 162 Å². The Kier molecular flexibility index (Phi) is 4.77. The normalized spacial score (nSPS) is 15.1. The minimum atomic E-state index is -0.380. The topological polar surface area (TPSA) is 95.4 Å². The largest absolute Gasteiger partial charge is 0.490 e. The van der Waals surface area contributed by atoms with Crippen LogP contribution in [0.1, 0.15) is 23.3 Å². The Hall–Kier alpha value is -3.29. The van der Waals surface area contributed by atoms with Crippen molar-refractivity contribution in [2.75, 3.05) is 13.1 Å². The molecule has 2 amide bonds. The van der Waals surface area contributed by atoms with Crippen molar-refractivity contribution in [3.8, 4) is 5.75 Å². The van der Waals surface area contributed by atoms with Gasteiger partial charge in [0.25, 0.3) is 5.91 Å². The number of nitrogens with two attached hydrogens (primary N) is 1. The van der Waals surface area contributed by atoms with Crippen molar-refractivity contribution in [1.82, 2.24) is 19.2 Å². The van der Waals surface area contributed by atoms with Crippen LogP contribution in [0.4, 0.5) is 0 Å². The zero-order chi connectivity index (χ0) is 19.7. The average Bonchev–Trinajstić information content (AvgIpc) is 3.28. The average molecular weight is 381 g/mol. The van der Waals surface area contributed by atoms with Crippen LogP contribution in [0.2, 0.25) is 0 Å². The summed E-state index contributed by atoms with van der Waals surface area (Å²) >= 11 is 0. The van der Waals surface area contributed by atoms with Crippen molar-refractivity contribution < 1.29 is 14.3 Å². The van der Waals surface area contributed by atoms with Crippen LogP contribution in [0.5, 0.6) is 5.75 Å². The number of carbonyl (C=O) groups is 2. The molecule has 0 aliphatic carbocycles. The van der Waals surface area contributed by atoms with Crippen LogP contribution in [-0.2, 0) is 18.4 Å². The molecule has 2 N–H and O–H groups in total. The number of nitrogens with zero attached hydrogens (tertiary/aromatic N) is 4. The van der Waals surface area contributed by atoms with E-state index in [1.165, 1.54) is 0 Å². The number of likely N-dealkylation sites (tertiary alicyclic amines) is 1. The fraction of sp³-hybridized carbons (Fsp3) is 0.350. The maximum Gasteiger partial charge on any atom is 0.272 e. The van der Waals surface area contributed by atoms with Gasteiger partial charge in [0, 0.05) is 50.8 Å². The predicted octanol–water partition coefficient (Wildman–Crippen LogP) is 1.54. The molecule has 8 nitrogen and oxygen atoms in total. The van der Waals surface area contributed by atoms with Gasteiger partial charge in [-0.1, -0.05) is 6.07 Å². The summed E-state index contributed by atoms with van der Waals surface area (Å²) in [4.78, 5) is 25.7. The van der Waals surface area contributed by atoms with Crippen molar-refractivity contribution in [3.05, 3.63) is 48.4 Å². The van der Waals surface area contributed by atoms with Crippen molar-refractivity contribution in [1.29, 1.82) is 0 Å². The number of benzene rings is 1. The molecule has 0 bridgehead atoms. The van der Waals surface area contributed by atoms with Crippen LogP contribution in [0.15, 0.2) is 42.7 Å². The standard InChI is InChI=1S/C20H23N5O3/c1-23-17(5-9-22-23)20(27)24-10-6-14(7-11-24)28-18-4-2-3-16-15(18)8-12-25(16)13-19(21)26/h2-5,8-9,12,14H,6-7,10-11,13H2,1H3,(H2,21,26). The van der Waals surface area contributed by atoms with Crippen molar-refractivity contribution >= 4 is 22.7 Å². The molecule has 1 fully saturated rings. The van der Waals surface area contributed by atoms with Gasteiger partial charge in [-0.2, -0.15) is 5.10 Å². The Morgan fingerprint density at radius 1 is 1.21 bits per heavy atom. The van der Waals surface area contributed by atoms with E-state index in [0.717, 1.165) is 29.5 Å². The Balaban J connectivity index is 1.42.